The summed E-state index contributed by atoms with van der Waals surface area (Å²) in [6.07, 6.45) is 1.08. The zero-order chi connectivity index (χ0) is 16.5. The highest BCUT2D eigenvalue weighted by Gasteiger charge is 2.23. The zero-order valence-corrected chi connectivity index (χ0v) is 14.3. The Morgan fingerprint density at radius 3 is 2.92 bits per heavy atom. The minimum Gasteiger partial charge on any atom is -0.324 e. The lowest BCUT2D eigenvalue weighted by Crippen LogP contribution is -2.32. The second-order valence-corrected chi connectivity index (χ2v) is 7.37. The Hall–Kier alpha value is -2.40. The van der Waals surface area contributed by atoms with E-state index in [1.165, 1.54) is 4.70 Å². The van der Waals surface area contributed by atoms with Gasteiger partial charge in [-0.3, -0.25) is 0 Å². The highest BCUT2D eigenvalue weighted by Crippen LogP contribution is 2.31. The molecule has 1 aliphatic heterocycles. The van der Waals surface area contributed by atoms with Crippen molar-refractivity contribution in [3.8, 4) is 10.6 Å². The fourth-order valence-electron chi connectivity index (χ4n) is 3.05. The minimum absolute atomic E-state index is 0.0131. The maximum atomic E-state index is 12.4. The Kier molecular flexibility index (Phi) is 3.94. The number of benzene rings is 2. The van der Waals surface area contributed by atoms with Crippen LogP contribution < -0.4 is 5.32 Å². The predicted octanol–water partition coefficient (Wildman–Crippen LogP) is 4.84. The maximum absolute atomic E-state index is 12.4. The molecule has 4 nitrogen and oxygen atoms in total. The summed E-state index contributed by atoms with van der Waals surface area (Å²) < 4.78 is 1.17. The molecule has 1 aliphatic rings. The summed E-state index contributed by atoms with van der Waals surface area (Å²) in [6.45, 7) is 3.86. The number of carbonyl (C=O) groups is 1. The van der Waals surface area contributed by atoms with Gasteiger partial charge in [0.25, 0.3) is 0 Å². The third kappa shape index (κ3) is 2.99. The Morgan fingerprint density at radius 2 is 2.12 bits per heavy atom. The minimum atomic E-state index is -0.0131. The maximum Gasteiger partial charge on any atom is 0.321 e. The van der Waals surface area contributed by atoms with Crippen molar-refractivity contribution < 1.29 is 4.79 Å². The Morgan fingerprint density at radius 1 is 1.25 bits per heavy atom. The van der Waals surface area contributed by atoms with E-state index in [1.807, 2.05) is 47.4 Å². The van der Waals surface area contributed by atoms with Crippen LogP contribution in [0.25, 0.3) is 20.8 Å². The average molecular weight is 337 g/mol. The number of likely N-dealkylation sites (tertiary alicyclic amines) is 1. The number of aromatic nitrogens is 1. The lowest BCUT2D eigenvalue weighted by atomic mass is 10.2. The standard InChI is InChI=1S/C19H19N3OS/c1-13-9-10-22(12-13)19(23)20-15-6-4-5-14(11-15)18-21-16-7-2-3-8-17(16)24-18/h2-8,11,13H,9-10,12H2,1H3,(H,20,23). The van der Waals surface area contributed by atoms with Crippen LogP contribution in [0.4, 0.5) is 10.5 Å². The molecule has 1 saturated heterocycles. The van der Waals surface area contributed by atoms with Gasteiger partial charge in [0.05, 0.1) is 10.2 Å². The van der Waals surface area contributed by atoms with Gasteiger partial charge in [-0.2, -0.15) is 0 Å². The highest BCUT2D eigenvalue weighted by atomic mass is 32.1. The van der Waals surface area contributed by atoms with Crippen molar-refractivity contribution in [2.24, 2.45) is 5.92 Å². The third-order valence-electron chi connectivity index (χ3n) is 4.37. The number of nitrogens with zero attached hydrogens (tertiary/aromatic N) is 2. The third-order valence-corrected chi connectivity index (χ3v) is 5.45. The molecule has 2 aromatic carbocycles. The molecule has 2 amide bonds. The first-order chi connectivity index (χ1) is 11.7. The van der Waals surface area contributed by atoms with E-state index in [1.54, 1.807) is 11.3 Å². The van der Waals surface area contributed by atoms with E-state index in [-0.39, 0.29) is 6.03 Å². The van der Waals surface area contributed by atoms with E-state index in [0.29, 0.717) is 5.92 Å². The van der Waals surface area contributed by atoms with Crippen molar-refractivity contribution in [1.82, 2.24) is 9.88 Å². The number of anilines is 1. The van der Waals surface area contributed by atoms with E-state index >= 15 is 0 Å². The van der Waals surface area contributed by atoms with Gasteiger partial charge in [0.15, 0.2) is 0 Å². The fraction of sp³-hybridized carbons (Fsp3) is 0.263. The topological polar surface area (TPSA) is 45.2 Å². The molecule has 1 atom stereocenters. The van der Waals surface area contributed by atoms with Gasteiger partial charge >= 0.3 is 6.03 Å². The molecule has 24 heavy (non-hydrogen) atoms. The van der Waals surface area contributed by atoms with E-state index in [9.17, 15) is 4.79 Å². The summed E-state index contributed by atoms with van der Waals surface area (Å²) in [5.74, 6) is 0.588. The summed E-state index contributed by atoms with van der Waals surface area (Å²) in [5, 5.41) is 3.99. The molecular formula is C19H19N3OS. The molecule has 0 radical (unpaired) electrons. The fourth-order valence-corrected chi connectivity index (χ4v) is 4.01. The number of hydrogen-bond donors (Lipinski definition) is 1. The van der Waals surface area contributed by atoms with Gasteiger partial charge in [-0.1, -0.05) is 31.2 Å². The summed E-state index contributed by atoms with van der Waals surface area (Å²) >= 11 is 1.67. The number of carbonyl (C=O) groups excluding carboxylic acids is 1. The van der Waals surface area contributed by atoms with Crippen LogP contribution in [-0.2, 0) is 0 Å². The van der Waals surface area contributed by atoms with Gasteiger partial charge in [-0.15, -0.1) is 11.3 Å². The Labute approximate surface area is 145 Å². The number of rotatable bonds is 2. The number of amides is 2. The summed E-state index contributed by atoms with van der Waals surface area (Å²) in [4.78, 5) is 18.9. The molecule has 122 valence electrons. The van der Waals surface area contributed by atoms with Crippen molar-refractivity contribution in [3.05, 3.63) is 48.5 Å². The van der Waals surface area contributed by atoms with Crippen LogP contribution in [0, 0.1) is 5.92 Å². The number of urea groups is 1. The molecule has 0 saturated carbocycles. The van der Waals surface area contributed by atoms with E-state index in [4.69, 9.17) is 0 Å². The van der Waals surface area contributed by atoms with Gasteiger partial charge < -0.3 is 10.2 Å². The largest absolute Gasteiger partial charge is 0.324 e. The predicted molar refractivity (Wildman–Crippen MR) is 99.4 cm³/mol. The summed E-state index contributed by atoms with van der Waals surface area (Å²) in [5.41, 5.74) is 2.86. The molecule has 1 unspecified atom stereocenters. The van der Waals surface area contributed by atoms with Crippen molar-refractivity contribution in [3.63, 3.8) is 0 Å². The van der Waals surface area contributed by atoms with Crippen LogP contribution in [-0.4, -0.2) is 29.0 Å². The van der Waals surface area contributed by atoms with Crippen LogP contribution in [0.1, 0.15) is 13.3 Å². The first kappa shape index (κ1) is 15.1. The SMILES string of the molecule is CC1CCN(C(=O)Nc2cccc(-c3nc4ccccc4s3)c2)C1. The van der Waals surface area contributed by atoms with Crippen LogP contribution in [0.15, 0.2) is 48.5 Å². The van der Waals surface area contributed by atoms with Gasteiger partial charge in [-0.05, 0) is 36.6 Å². The normalized spacial score (nSPS) is 17.4. The number of nitrogens with one attached hydrogen (secondary N) is 1. The quantitative estimate of drug-likeness (QED) is 0.727. The molecule has 0 aliphatic carbocycles. The second kappa shape index (κ2) is 6.24. The Balaban J connectivity index is 1.56. The van der Waals surface area contributed by atoms with Crippen molar-refractivity contribution in [2.75, 3.05) is 18.4 Å². The number of para-hydroxylation sites is 1. The Bertz CT molecular complexity index is 856. The molecular weight excluding hydrogens is 318 g/mol. The van der Waals surface area contributed by atoms with Gasteiger partial charge in [0.2, 0.25) is 0 Å². The first-order valence-electron chi connectivity index (χ1n) is 8.21. The smallest absolute Gasteiger partial charge is 0.321 e. The van der Waals surface area contributed by atoms with E-state index < -0.39 is 0 Å². The monoisotopic (exact) mass is 337 g/mol. The molecule has 2 heterocycles. The van der Waals surface area contributed by atoms with Crippen molar-refractivity contribution in [2.45, 2.75) is 13.3 Å². The van der Waals surface area contributed by atoms with E-state index in [2.05, 4.69) is 23.3 Å². The summed E-state index contributed by atoms with van der Waals surface area (Å²) in [7, 11) is 0. The molecule has 0 bridgehead atoms. The lowest BCUT2D eigenvalue weighted by molar-refractivity contribution is 0.221. The number of fused-ring (bicyclic) bond motifs is 1. The first-order valence-corrected chi connectivity index (χ1v) is 9.02. The molecule has 4 rings (SSSR count). The molecule has 1 fully saturated rings. The molecule has 5 heteroatoms. The van der Waals surface area contributed by atoms with Gasteiger partial charge in [-0.25, -0.2) is 9.78 Å². The molecule has 3 aromatic rings. The van der Waals surface area contributed by atoms with Crippen molar-refractivity contribution in [1.29, 1.82) is 0 Å². The van der Waals surface area contributed by atoms with Gasteiger partial charge in [0, 0.05) is 24.3 Å². The van der Waals surface area contributed by atoms with Crippen LogP contribution in [0.3, 0.4) is 0 Å². The zero-order valence-electron chi connectivity index (χ0n) is 13.5. The van der Waals surface area contributed by atoms with Crippen LogP contribution in [0.5, 0.6) is 0 Å². The van der Waals surface area contributed by atoms with Crippen LogP contribution >= 0.6 is 11.3 Å². The number of hydrogen-bond acceptors (Lipinski definition) is 3. The summed E-state index contributed by atoms with van der Waals surface area (Å²) in [6, 6.07) is 16.0. The van der Waals surface area contributed by atoms with Crippen molar-refractivity contribution >= 4 is 33.3 Å². The molecule has 1 N–H and O–H groups in total. The lowest BCUT2D eigenvalue weighted by Gasteiger charge is -2.17. The molecule has 1 aromatic heterocycles. The van der Waals surface area contributed by atoms with Crippen LogP contribution in [0.2, 0.25) is 0 Å². The molecule has 0 spiro atoms. The van der Waals surface area contributed by atoms with Gasteiger partial charge in [0.1, 0.15) is 5.01 Å². The highest BCUT2D eigenvalue weighted by molar-refractivity contribution is 7.21. The van der Waals surface area contributed by atoms with E-state index in [0.717, 1.165) is 41.3 Å². The number of thiazole rings is 1. The average Bonchev–Trinajstić information content (AvgIpc) is 3.21. The second-order valence-electron chi connectivity index (χ2n) is 6.34.